The molecule has 1 unspecified atom stereocenters. The van der Waals surface area contributed by atoms with Gasteiger partial charge in [-0.2, -0.15) is 0 Å². The fraction of sp³-hybridized carbons (Fsp3) is 0.500. The lowest BCUT2D eigenvalue weighted by Gasteiger charge is -2.10. The van der Waals surface area contributed by atoms with Crippen LogP contribution in [0.5, 0.6) is 5.75 Å². The van der Waals surface area contributed by atoms with Crippen molar-refractivity contribution in [3.63, 3.8) is 0 Å². The normalized spacial score (nSPS) is 20.7. The van der Waals surface area contributed by atoms with E-state index in [1.54, 1.807) is 12.1 Å². The molecular formula is C12H16O3. The average Bonchev–Trinajstić information content (AvgIpc) is 2.74. The van der Waals surface area contributed by atoms with Crippen molar-refractivity contribution in [2.45, 2.75) is 25.6 Å². The Hall–Kier alpha value is -1.06. The van der Waals surface area contributed by atoms with Crippen molar-refractivity contribution in [1.29, 1.82) is 0 Å². The quantitative estimate of drug-likeness (QED) is 0.823. The van der Waals surface area contributed by atoms with E-state index in [9.17, 15) is 0 Å². The fourth-order valence-electron chi connectivity index (χ4n) is 1.65. The van der Waals surface area contributed by atoms with Crippen molar-refractivity contribution in [2.75, 3.05) is 13.2 Å². The highest BCUT2D eigenvalue weighted by molar-refractivity contribution is 5.25. The van der Waals surface area contributed by atoms with Gasteiger partial charge in [0, 0.05) is 13.0 Å². The highest BCUT2D eigenvalue weighted by Crippen LogP contribution is 2.14. The minimum Gasteiger partial charge on any atom is -0.508 e. The SMILES string of the molecule is Oc1ccc(CCOC2CCCO2)cc1. The number of aromatic hydroxyl groups is 1. The second kappa shape index (κ2) is 5.14. The van der Waals surface area contributed by atoms with Crippen molar-refractivity contribution in [3.8, 4) is 5.75 Å². The van der Waals surface area contributed by atoms with E-state index >= 15 is 0 Å². The summed E-state index contributed by atoms with van der Waals surface area (Å²) in [6, 6.07) is 7.21. The summed E-state index contributed by atoms with van der Waals surface area (Å²) in [7, 11) is 0. The molecule has 1 heterocycles. The molecule has 1 saturated heterocycles. The summed E-state index contributed by atoms with van der Waals surface area (Å²) in [6.07, 6.45) is 2.97. The third-order valence-corrected chi connectivity index (χ3v) is 2.52. The molecule has 82 valence electrons. The van der Waals surface area contributed by atoms with E-state index in [0.717, 1.165) is 25.9 Å². The molecule has 1 fully saturated rings. The first-order chi connectivity index (χ1) is 7.34. The van der Waals surface area contributed by atoms with Crippen LogP contribution in [0.15, 0.2) is 24.3 Å². The third-order valence-electron chi connectivity index (χ3n) is 2.52. The molecular weight excluding hydrogens is 192 g/mol. The van der Waals surface area contributed by atoms with Crippen LogP contribution in [0.2, 0.25) is 0 Å². The van der Waals surface area contributed by atoms with Crippen molar-refractivity contribution >= 4 is 0 Å². The van der Waals surface area contributed by atoms with Gasteiger partial charge in [-0.15, -0.1) is 0 Å². The van der Waals surface area contributed by atoms with Crippen LogP contribution in [0, 0.1) is 0 Å². The summed E-state index contributed by atoms with van der Waals surface area (Å²) in [5.74, 6) is 0.304. The summed E-state index contributed by atoms with van der Waals surface area (Å²) in [4.78, 5) is 0. The summed E-state index contributed by atoms with van der Waals surface area (Å²) in [6.45, 7) is 1.50. The molecule has 0 aromatic heterocycles. The number of phenols is 1. The molecule has 1 aromatic rings. The predicted octanol–water partition coefficient (Wildman–Crippen LogP) is 2.09. The van der Waals surface area contributed by atoms with Crippen molar-refractivity contribution in [3.05, 3.63) is 29.8 Å². The Bertz CT molecular complexity index is 288. The Morgan fingerprint density at radius 2 is 2.13 bits per heavy atom. The molecule has 2 rings (SSSR count). The second-order valence-corrected chi connectivity index (χ2v) is 3.73. The Kier molecular flexibility index (Phi) is 3.59. The number of ether oxygens (including phenoxy) is 2. The van der Waals surface area contributed by atoms with E-state index in [1.807, 2.05) is 12.1 Å². The molecule has 1 aliphatic heterocycles. The van der Waals surface area contributed by atoms with Gasteiger partial charge in [-0.1, -0.05) is 12.1 Å². The molecule has 3 heteroatoms. The Morgan fingerprint density at radius 3 is 2.80 bits per heavy atom. The van der Waals surface area contributed by atoms with Gasteiger partial charge >= 0.3 is 0 Å². The molecule has 1 aromatic carbocycles. The lowest BCUT2D eigenvalue weighted by atomic mass is 10.1. The van der Waals surface area contributed by atoms with Crippen LogP contribution in [0.25, 0.3) is 0 Å². The number of hydrogen-bond acceptors (Lipinski definition) is 3. The van der Waals surface area contributed by atoms with Crippen LogP contribution in [0.1, 0.15) is 18.4 Å². The largest absolute Gasteiger partial charge is 0.508 e. The van der Waals surface area contributed by atoms with Gasteiger partial charge < -0.3 is 14.6 Å². The molecule has 1 aliphatic rings. The number of rotatable bonds is 4. The lowest BCUT2D eigenvalue weighted by molar-refractivity contribution is -0.109. The summed E-state index contributed by atoms with van der Waals surface area (Å²) >= 11 is 0. The van der Waals surface area contributed by atoms with Crippen molar-refractivity contribution in [2.24, 2.45) is 0 Å². The zero-order valence-electron chi connectivity index (χ0n) is 8.69. The van der Waals surface area contributed by atoms with E-state index < -0.39 is 0 Å². The highest BCUT2D eigenvalue weighted by Gasteiger charge is 2.14. The zero-order valence-corrected chi connectivity index (χ0v) is 8.69. The average molecular weight is 208 g/mol. The molecule has 3 nitrogen and oxygen atoms in total. The van der Waals surface area contributed by atoms with Crippen LogP contribution in [0.3, 0.4) is 0 Å². The van der Waals surface area contributed by atoms with E-state index in [1.165, 1.54) is 5.56 Å². The number of hydrogen-bond donors (Lipinski definition) is 1. The van der Waals surface area contributed by atoms with Gasteiger partial charge in [0.2, 0.25) is 0 Å². The molecule has 15 heavy (non-hydrogen) atoms. The molecule has 0 amide bonds. The van der Waals surface area contributed by atoms with Crippen molar-refractivity contribution < 1.29 is 14.6 Å². The van der Waals surface area contributed by atoms with Gasteiger partial charge in [0.1, 0.15) is 5.75 Å². The molecule has 0 spiro atoms. The van der Waals surface area contributed by atoms with Gasteiger partial charge in [0.25, 0.3) is 0 Å². The van der Waals surface area contributed by atoms with Gasteiger partial charge in [-0.25, -0.2) is 0 Å². The van der Waals surface area contributed by atoms with Gasteiger partial charge in [-0.3, -0.25) is 0 Å². The van der Waals surface area contributed by atoms with Crippen LogP contribution in [-0.2, 0) is 15.9 Å². The lowest BCUT2D eigenvalue weighted by Crippen LogP contribution is -2.12. The maximum Gasteiger partial charge on any atom is 0.157 e. The smallest absolute Gasteiger partial charge is 0.157 e. The Labute approximate surface area is 89.6 Å². The third kappa shape index (κ3) is 3.22. The van der Waals surface area contributed by atoms with Crippen molar-refractivity contribution in [1.82, 2.24) is 0 Å². The number of phenolic OH excluding ortho intramolecular Hbond substituents is 1. The zero-order chi connectivity index (χ0) is 10.5. The van der Waals surface area contributed by atoms with E-state index in [2.05, 4.69) is 0 Å². The highest BCUT2D eigenvalue weighted by atomic mass is 16.7. The first-order valence-electron chi connectivity index (χ1n) is 5.36. The first kappa shape index (κ1) is 10.5. The number of benzene rings is 1. The fourth-order valence-corrected chi connectivity index (χ4v) is 1.65. The summed E-state index contributed by atoms with van der Waals surface area (Å²) < 4.78 is 10.9. The molecule has 0 aliphatic carbocycles. The molecule has 1 N–H and O–H groups in total. The van der Waals surface area contributed by atoms with Crippen LogP contribution in [0.4, 0.5) is 0 Å². The van der Waals surface area contributed by atoms with Crippen LogP contribution in [-0.4, -0.2) is 24.6 Å². The minimum absolute atomic E-state index is 0.00196. The maximum absolute atomic E-state index is 9.10. The molecule has 0 bridgehead atoms. The topological polar surface area (TPSA) is 38.7 Å². The van der Waals surface area contributed by atoms with E-state index in [0.29, 0.717) is 12.4 Å². The van der Waals surface area contributed by atoms with Gasteiger partial charge in [0.15, 0.2) is 6.29 Å². The predicted molar refractivity (Wildman–Crippen MR) is 56.7 cm³/mol. The minimum atomic E-state index is 0.00196. The summed E-state index contributed by atoms with van der Waals surface area (Å²) in [5, 5.41) is 9.10. The molecule has 0 radical (unpaired) electrons. The molecule has 1 atom stereocenters. The van der Waals surface area contributed by atoms with E-state index in [-0.39, 0.29) is 6.29 Å². The van der Waals surface area contributed by atoms with Crippen LogP contribution < -0.4 is 0 Å². The Morgan fingerprint density at radius 1 is 1.33 bits per heavy atom. The van der Waals surface area contributed by atoms with Gasteiger partial charge in [0.05, 0.1) is 6.61 Å². The van der Waals surface area contributed by atoms with Gasteiger partial charge in [-0.05, 0) is 30.5 Å². The van der Waals surface area contributed by atoms with Crippen LogP contribution >= 0.6 is 0 Å². The monoisotopic (exact) mass is 208 g/mol. The Balaban J connectivity index is 1.71. The first-order valence-corrected chi connectivity index (χ1v) is 5.36. The summed E-state index contributed by atoms with van der Waals surface area (Å²) in [5.41, 5.74) is 1.17. The second-order valence-electron chi connectivity index (χ2n) is 3.73. The maximum atomic E-state index is 9.10. The standard InChI is InChI=1S/C12H16O3/c13-11-5-3-10(4-6-11)7-9-15-12-2-1-8-14-12/h3-6,12-13H,1-2,7-9H2. The van der Waals surface area contributed by atoms with E-state index in [4.69, 9.17) is 14.6 Å². The molecule has 0 saturated carbocycles.